The standard InChI is InChI=1S/C4H14O13P4/c5-1-2(3(18(6,7)8)19(9,10)11)4(20(12,13)14)21(15,16)17/h2-5H,1H2,(H2,6,7,8)(H2,9,10,11)(H2,12,13,14)(H2,15,16,17). The fourth-order valence-electron chi connectivity index (χ4n) is 1.73. The monoisotopic (exact) mass is 394 g/mol. The van der Waals surface area contributed by atoms with Gasteiger partial charge in [0.2, 0.25) is 0 Å². The average molecular weight is 394 g/mol. The molecular formula is C4H14O13P4. The molecule has 0 spiro atoms. The molecule has 0 aliphatic heterocycles. The molecule has 0 aliphatic rings. The Morgan fingerprint density at radius 2 is 0.762 bits per heavy atom. The fourth-order valence-corrected chi connectivity index (χ4v) is 8.47. The molecule has 0 aromatic carbocycles. The highest BCUT2D eigenvalue weighted by molar-refractivity contribution is 7.72. The highest BCUT2D eigenvalue weighted by Gasteiger charge is 2.59. The van der Waals surface area contributed by atoms with Crippen molar-refractivity contribution in [2.75, 3.05) is 6.61 Å². The van der Waals surface area contributed by atoms with Crippen LogP contribution in [0.4, 0.5) is 0 Å². The van der Waals surface area contributed by atoms with E-state index in [0.717, 1.165) is 0 Å². The molecule has 0 unspecified atom stereocenters. The Morgan fingerprint density at radius 3 is 0.857 bits per heavy atom. The highest BCUT2D eigenvalue weighted by atomic mass is 31.2. The molecule has 0 saturated heterocycles. The van der Waals surface area contributed by atoms with Crippen LogP contribution in [0.2, 0.25) is 0 Å². The number of rotatable bonds is 7. The Kier molecular flexibility index (Phi) is 6.76. The summed E-state index contributed by atoms with van der Waals surface area (Å²) in [4.78, 5) is 71.2. The largest absolute Gasteiger partial charge is 0.396 e. The van der Waals surface area contributed by atoms with Crippen molar-refractivity contribution in [2.45, 2.75) is 10.8 Å². The lowest BCUT2D eigenvalue weighted by molar-refractivity contribution is 0.205. The fraction of sp³-hybridized carbons (Fsp3) is 1.00. The summed E-state index contributed by atoms with van der Waals surface area (Å²) in [6, 6.07) is 0. The smallest absolute Gasteiger partial charge is 0.341 e. The summed E-state index contributed by atoms with van der Waals surface area (Å²) in [5.74, 6) is -2.74. The van der Waals surface area contributed by atoms with Gasteiger partial charge in [0.25, 0.3) is 0 Å². The highest BCUT2D eigenvalue weighted by Crippen LogP contribution is 2.71. The zero-order valence-electron chi connectivity index (χ0n) is 9.89. The molecule has 0 amide bonds. The van der Waals surface area contributed by atoms with E-state index in [0.29, 0.717) is 0 Å². The molecule has 0 rings (SSSR count). The second-order valence-corrected chi connectivity index (χ2v) is 11.8. The molecule has 13 nitrogen and oxygen atoms in total. The van der Waals surface area contributed by atoms with Gasteiger partial charge in [0, 0.05) is 12.5 Å². The lowest BCUT2D eigenvalue weighted by Crippen LogP contribution is -2.34. The SMILES string of the molecule is O=P(O)(O)C(C(CO)C(P(=O)(O)O)P(=O)(O)O)P(=O)(O)O. The molecule has 0 fully saturated rings. The molecule has 0 heterocycles. The first kappa shape index (κ1) is 21.6. The number of aliphatic hydroxyl groups is 1. The van der Waals surface area contributed by atoms with Crippen molar-refractivity contribution in [3.05, 3.63) is 0 Å². The minimum atomic E-state index is -5.77. The van der Waals surface area contributed by atoms with E-state index in [2.05, 4.69) is 0 Å². The van der Waals surface area contributed by atoms with Crippen LogP contribution in [0.5, 0.6) is 0 Å². The third-order valence-corrected chi connectivity index (χ3v) is 10.3. The molecule has 0 aromatic heterocycles. The van der Waals surface area contributed by atoms with Crippen molar-refractivity contribution < 1.29 is 62.5 Å². The summed E-state index contributed by atoms with van der Waals surface area (Å²) >= 11 is 0. The molecule has 128 valence electrons. The van der Waals surface area contributed by atoms with Crippen LogP contribution >= 0.6 is 30.4 Å². The first-order valence-corrected chi connectivity index (χ1v) is 11.5. The van der Waals surface area contributed by atoms with Crippen LogP contribution in [-0.4, -0.2) is 61.7 Å². The number of hydrogen-bond acceptors (Lipinski definition) is 5. The van der Waals surface area contributed by atoms with E-state index in [1.807, 2.05) is 0 Å². The summed E-state index contributed by atoms with van der Waals surface area (Å²) < 4.78 is 44.5. The molecule has 0 saturated carbocycles. The maximum Gasteiger partial charge on any atom is 0.341 e. The Morgan fingerprint density at radius 1 is 0.571 bits per heavy atom. The van der Waals surface area contributed by atoms with E-state index in [1.54, 1.807) is 0 Å². The van der Waals surface area contributed by atoms with Crippen LogP contribution in [0.25, 0.3) is 0 Å². The van der Waals surface area contributed by atoms with Gasteiger partial charge in [0.05, 0.1) is 0 Å². The summed E-state index contributed by atoms with van der Waals surface area (Å²) in [5.41, 5.74) is 0. The number of aliphatic hydroxyl groups excluding tert-OH is 1. The average Bonchev–Trinajstić information content (AvgIpc) is 2.06. The topological polar surface area (TPSA) is 250 Å². The van der Waals surface area contributed by atoms with E-state index >= 15 is 0 Å². The van der Waals surface area contributed by atoms with Gasteiger partial charge in [0.15, 0.2) is 10.8 Å². The zero-order chi connectivity index (χ0) is 17.4. The first-order chi connectivity index (χ1) is 8.94. The van der Waals surface area contributed by atoms with Crippen LogP contribution in [-0.2, 0) is 18.3 Å². The normalized spacial score (nSPS) is 15.2. The van der Waals surface area contributed by atoms with Crippen LogP contribution in [0.1, 0.15) is 0 Å². The number of hydrogen-bond donors (Lipinski definition) is 9. The van der Waals surface area contributed by atoms with Gasteiger partial charge in [-0.2, -0.15) is 0 Å². The van der Waals surface area contributed by atoms with Gasteiger partial charge in [-0.3, -0.25) is 18.3 Å². The van der Waals surface area contributed by atoms with Crippen LogP contribution in [0, 0.1) is 5.92 Å². The van der Waals surface area contributed by atoms with Gasteiger partial charge in [-0.05, 0) is 0 Å². The predicted molar refractivity (Wildman–Crippen MR) is 66.3 cm³/mol. The lowest BCUT2D eigenvalue weighted by Gasteiger charge is -2.33. The maximum atomic E-state index is 11.1. The van der Waals surface area contributed by atoms with E-state index in [4.69, 9.17) is 44.3 Å². The summed E-state index contributed by atoms with van der Waals surface area (Å²) in [5, 5.41) is 2.59. The summed E-state index contributed by atoms with van der Waals surface area (Å²) in [7, 11) is -23.1. The van der Waals surface area contributed by atoms with Gasteiger partial charge >= 0.3 is 30.4 Å². The Labute approximate surface area is 117 Å². The van der Waals surface area contributed by atoms with Crippen LogP contribution < -0.4 is 0 Å². The third-order valence-electron chi connectivity index (χ3n) is 2.36. The van der Waals surface area contributed by atoms with Gasteiger partial charge in [-0.15, -0.1) is 0 Å². The molecule has 17 heteroatoms. The molecule has 0 aliphatic carbocycles. The second kappa shape index (κ2) is 6.59. The summed E-state index contributed by atoms with van der Waals surface area (Å²) in [6.07, 6.45) is 0. The minimum absolute atomic E-state index is 1.69. The zero-order valence-corrected chi connectivity index (χ0v) is 13.5. The van der Waals surface area contributed by atoms with Gasteiger partial charge < -0.3 is 44.3 Å². The molecule has 0 atom stereocenters. The molecule has 21 heavy (non-hydrogen) atoms. The lowest BCUT2D eigenvalue weighted by atomic mass is 10.2. The first-order valence-electron chi connectivity index (χ1n) is 4.75. The van der Waals surface area contributed by atoms with Crippen molar-refractivity contribution in [1.29, 1.82) is 0 Å². The van der Waals surface area contributed by atoms with Gasteiger partial charge in [-0.25, -0.2) is 0 Å². The molecule has 0 bridgehead atoms. The minimum Gasteiger partial charge on any atom is -0.396 e. The van der Waals surface area contributed by atoms with Crippen molar-refractivity contribution >= 4 is 30.4 Å². The molecular weight excluding hydrogens is 380 g/mol. The van der Waals surface area contributed by atoms with Crippen molar-refractivity contribution in [3.8, 4) is 0 Å². The van der Waals surface area contributed by atoms with Crippen LogP contribution in [0.3, 0.4) is 0 Å². The second-order valence-electron chi connectivity index (χ2n) is 4.03. The molecule has 9 N–H and O–H groups in total. The van der Waals surface area contributed by atoms with Crippen molar-refractivity contribution in [3.63, 3.8) is 0 Å². The summed E-state index contributed by atoms with van der Waals surface area (Å²) in [6.45, 7) is -1.69. The van der Waals surface area contributed by atoms with E-state index in [-0.39, 0.29) is 0 Å². The van der Waals surface area contributed by atoms with E-state index in [1.165, 1.54) is 0 Å². The van der Waals surface area contributed by atoms with Crippen molar-refractivity contribution in [1.82, 2.24) is 0 Å². The molecule has 0 radical (unpaired) electrons. The van der Waals surface area contributed by atoms with E-state index in [9.17, 15) is 18.3 Å². The Hall–Kier alpha value is 0.560. The maximum absolute atomic E-state index is 11.1. The van der Waals surface area contributed by atoms with Crippen LogP contribution in [0.15, 0.2) is 0 Å². The van der Waals surface area contributed by atoms with Crippen molar-refractivity contribution in [2.24, 2.45) is 5.92 Å². The van der Waals surface area contributed by atoms with Gasteiger partial charge in [0.1, 0.15) is 0 Å². The quantitative estimate of drug-likeness (QED) is 0.211. The van der Waals surface area contributed by atoms with Gasteiger partial charge in [-0.1, -0.05) is 0 Å². The predicted octanol–water partition coefficient (Wildman–Crippen LogP) is -2.04. The Bertz CT molecular complexity index is 453. The third kappa shape index (κ3) is 5.93. The molecule has 0 aromatic rings. The Balaban J connectivity index is 6.30. The van der Waals surface area contributed by atoms with E-state index < -0.39 is 53.7 Å².